The number of rotatable bonds is 5. The molecule has 7 nitrogen and oxygen atoms in total. The van der Waals surface area contributed by atoms with Crippen molar-refractivity contribution < 1.29 is 18.9 Å². The summed E-state index contributed by atoms with van der Waals surface area (Å²) in [7, 11) is 0. The number of nitrogens with two attached hydrogens (primary N) is 1. The van der Waals surface area contributed by atoms with Crippen LogP contribution in [0.4, 0.5) is 15.8 Å². The molecule has 0 aliphatic rings. The number of benzene rings is 2. The highest BCUT2D eigenvalue weighted by molar-refractivity contribution is 6.03. The van der Waals surface area contributed by atoms with Crippen LogP contribution in [0.3, 0.4) is 0 Å². The summed E-state index contributed by atoms with van der Waals surface area (Å²) in [5, 5.41) is 13.3. The maximum atomic E-state index is 13.4. The molecular weight excluding hydrogens is 317 g/mol. The molecule has 0 fully saturated rings. The van der Waals surface area contributed by atoms with Gasteiger partial charge in [0.1, 0.15) is 5.82 Å². The number of anilines is 1. The third-order valence-electron chi connectivity index (χ3n) is 3.05. The van der Waals surface area contributed by atoms with Crippen LogP contribution in [0.2, 0.25) is 0 Å². The number of para-hydroxylation sites is 1. The molecule has 2 rings (SSSR count). The second kappa shape index (κ2) is 7.14. The van der Waals surface area contributed by atoms with Gasteiger partial charge in [0.25, 0.3) is 11.6 Å². The third kappa shape index (κ3) is 4.01. The Morgan fingerprint density at radius 1 is 1.21 bits per heavy atom. The molecule has 0 spiro atoms. The van der Waals surface area contributed by atoms with Gasteiger partial charge < -0.3 is 11.1 Å². The molecule has 0 radical (unpaired) electrons. The summed E-state index contributed by atoms with van der Waals surface area (Å²) in [6.07, 6.45) is 2.38. The van der Waals surface area contributed by atoms with E-state index in [-0.39, 0.29) is 22.5 Å². The fourth-order valence-corrected chi connectivity index (χ4v) is 1.94. The first-order valence-corrected chi connectivity index (χ1v) is 6.70. The minimum atomic E-state index is -0.959. The molecule has 24 heavy (non-hydrogen) atoms. The number of amides is 2. The Hall–Kier alpha value is -3.55. The highest BCUT2D eigenvalue weighted by Crippen LogP contribution is 2.19. The standard InChI is InChI=1S/C16H12FN3O4/c17-13-7-6-11(9-12(13)16(18)22)19-15(21)8-5-10-3-1-2-4-14(10)20(23)24/h1-9H,(H2,18,22)(H,19,21). The lowest BCUT2D eigenvalue weighted by atomic mass is 10.1. The molecule has 2 amide bonds. The zero-order chi connectivity index (χ0) is 17.7. The molecule has 0 aromatic heterocycles. The second-order valence-electron chi connectivity index (χ2n) is 4.70. The number of hydrogen-bond acceptors (Lipinski definition) is 4. The SMILES string of the molecule is NC(=O)c1cc(NC(=O)C=Cc2ccccc2[N+](=O)[O-])ccc1F. The maximum absolute atomic E-state index is 13.4. The van der Waals surface area contributed by atoms with Crippen molar-refractivity contribution in [1.82, 2.24) is 0 Å². The van der Waals surface area contributed by atoms with E-state index < -0.39 is 22.6 Å². The zero-order valence-corrected chi connectivity index (χ0v) is 12.2. The smallest absolute Gasteiger partial charge is 0.276 e. The van der Waals surface area contributed by atoms with E-state index >= 15 is 0 Å². The molecule has 0 saturated carbocycles. The summed E-state index contributed by atoms with van der Waals surface area (Å²) in [6.45, 7) is 0. The number of nitrogens with zero attached hydrogens (tertiary/aromatic N) is 1. The monoisotopic (exact) mass is 329 g/mol. The van der Waals surface area contributed by atoms with Crippen molar-refractivity contribution in [2.75, 3.05) is 5.32 Å². The average Bonchev–Trinajstić information content (AvgIpc) is 2.54. The number of carbonyl (C=O) groups is 2. The van der Waals surface area contributed by atoms with Crippen LogP contribution in [-0.2, 0) is 4.79 Å². The van der Waals surface area contributed by atoms with Crippen LogP contribution in [0.1, 0.15) is 15.9 Å². The summed E-state index contributed by atoms with van der Waals surface area (Å²) in [5.41, 5.74) is 4.96. The summed E-state index contributed by atoms with van der Waals surface area (Å²) in [4.78, 5) is 33.2. The molecule has 122 valence electrons. The van der Waals surface area contributed by atoms with E-state index in [9.17, 15) is 24.1 Å². The van der Waals surface area contributed by atoms with Gasteiger partial charge in [-0.05, 0) is 30.3 Å². The second-order valence-corrected chi connectivity index (χ2v) is 4.70. The Morgan fingerprint density at radius 3 is 2.58 bits per heavy atom. The van der Waals surface area contributed by atoms with E-state index in [1.54, 1.807) is 6.07 Å². The van der Waals surface area contributed by atoms with Gasteiger partial charge in [-0.3, -0.25) is 19.7 Å². The molecule has 2 aromatic carbocycles. The van der Waals surface area contributed by atoms with Gasteiger partial charge in [-0.2, -0.15) is 0 Å². The molecule has 0 unspecified atom stereocenters. The van der Waals surface area contributed by atoms with Gasteiger partial charge >= 0.3 is 0 Å². The lowest BCUT2D eigenvalue weighted by Crippen LogP contribution is -2.14. The number of nitro groups is 1. The molecule has 0 aliphatic heterocycles. The predicted molar refractivity (Wildman–Crippen MR) is 85.7 cm³/mol. The first-order chi connectivity index (χ1) is 11.4. The van der Waals surface area contributed by atoms with Crippen LogP contribution in [0.15, 0.2) is 48.5 Å². The predicted octanol–water partition coefficient (Wildman–Crippen LogP) is 2.48. The highest BCUT2D eigenvalue weighted by atomic mass is 19.1. The highest BCUT2D eigenvalue weighted by Gasteiger charge is 2.11. The van der Waals surface area contributed by atoms with Gasteiger partial charge in [0, 0.05) is 17.8 Å². The Morgan fingerprint density at radius 2 is 1.92 bits per heavy atom. The minimum absolute atomic E-state index is 0.139. The Bertz CT molecular complexity index is 849. The van der Waals surface area contributed by atoms with Crippen molar-refractivity contribution in [2.45, 2.75) is 0 Å². The number of primary amides is 1. The van der Waals surface area contributed by atoms with Crippen LogP contribution < -0.4 is 11.1 Å². The number of carbonyl (C=O) groups excluding carboxylic acids is 2. The van der Waals surface area contributed by atoms with E-state index in [2.05, 4.69) is 5.32 Å². The molecular formula is C16H12FN3O4. The van der Waals surface area contributed by atoms with E-state index in [4.69, 9.17) is 5.73 Å². The summed E-state index contributed by atoms with van der Waals surface area (Å²) in [6, 6.07) is 9.29. The van der Waals surface area contributed by atoms with Crippen molar-refractivity contribution in [1.29, 1.82) is 0 Å². The van der Waals surface area contributed by atoms with Crippen LogP contribution in [0.25, 0.3) is 6.08 Å². The number of hydrogen-bond donors (Lipinski definition) is 2. The third-order valence-corrected chi connectivity index (χ3v) is 3.05. The Labute approximate surface area is 135 Å². The fourth-order valence-electron chi connectivity index (χ4n) is 1.94. The lowest BCUT2D eigenvalue weighted by molar-refractivity contribution is -0.385. The van der Waals surface area contributed by atoms with Crippen LogP contribution in [0.5, 0.6) is 0 Å². The van der Waals surface area contributed by atoms with Crippen molar-refractivity contribution in [3.63, 3.8) is 0 Å². The summed E-state index contributed by atoms with van der Waals surface area (Å²) < 4.78 is 13.4. The summed E-state index contributed by atoms with van der Waals surface area (Å²) >= 11 is 0. The first kappa shape index (κ1) is 16.8. The Balaban J connectivity index is 2.16. The fraction of sp³-hybridized carbons (Fsp3) is 0. The van der Waals surface area contributed by atoms with E-state index in [1.165, 1.54) is 30.3 Å². The molecule has 0 saturated heterocycles. The molecule has 0 atom stereocenters. The normalized spacial score (nSPS) is 10.5. The van der Waals surface area contributed by atoms with Crippen LogP contribution >= 0.6 is 0 Å². The van der Waals surface area contributed by atoms with Gasteiger partial charge in [0.15, 0.2) is 0 Å². The van der Waals surface area contributed by atoms with E-state index in [0.29, 0.717) is 0 Å². The number of nitrogens with one attached hydrogen (secondary N) is 1. The molecule has 0 bridgehead atoms. The van der Waals surface area contributed by atoms with E-state index in [0.717, 1.165) is 18.2 Å². The van der Waals surface area contributed by atoms with Crippen molar-refractivity contribution in [3.05, 3.63) is 75.6 Å². The lowest BCUT2D eigenvalue weighted by Gasteiger charge is -2.05. The largest absolute Gasteiger partial charge is 0.366 e. The first-order valence-electron chi connectivity index (χ1n) is 6.70. The van der Waals surface area contributed by atoms with Gasteiger partial charge in [-0.25, -0.2) is 4.39 Å². The molecule has 0 heterocycles. The van der Waals surface area contributed by atoms with Crippen molar-refractivity contribution in [2.24, 2.45) is 5.73 Å². The number of halogens is 1. The molecule has 3 N–H and O–H groups in total. The van der Waals surface area contributed by atoms with Crippen molar-refractivity contribution >= 4 is 29.3 Å². The van der Waals surface area contributed by atoms with Crippen molar-refractivity contribution in [3.8, 4) is 0 Å². The van der Waals surface area contributed by atoms with Gasteiger partial charge in [0.2, 0.25) is 5.91 Å². The van der Waals surface area contributed by atoms with Gasteiger partial charge in [0.05, 0.1) is 16.1 Å². The zero-order valence-electron chi connectivity index (χ0n) is 12.2. The maximum Gasteiger partial charge on any atom is 0.276 e. The topological polar surface area (TPSA) is 115 Å². The van der Waals surface area contributed by atoms with Crippen LogP contribution in [0, 0.1) is 15.9 Å². The Kier molecular flexibility index (Phi) is 5.00. The minimum Gasteiger partial charge on any atom is -0.366 e. The molecule has 2 aromatic rings. The average molecular weight is 329 g/mol. The molecule has 8 heteroatoms. The number of nitro benzene ring substituents is 1. The van der Waals surface area contributed by atoms with Crippen LogP contribution in [-0.4, -0.2) is 16.7 Å². The quantitative estimate of drug-likeness (QED) is 0.498. The van der Waals surface area contributed by atoms with Gasteiger partial charge in [-0.15, -0.1) is 0 Å². The van der Waals surface area contributed by atoms with E-state index in [1.807, 2.05) is 0 Å². The molecule has 0 aliphatic carbocycles. The summed E-state index contributed by atoms with van der Waals surface area (Å²) in [5.74, 6) is -2.36. The van der Waals surface area contributed by atoms with Gasteiger partial charge in [-0.1, -0.05) is 12.1 Å².